The molecule has 0 amide bonds. The normalized spacial score (nSPS) is 17.3. The zero-order chi connectivity index (χ0) is 40.4. The number of anilines is 5. The molecule has 0 spiro atoms. The van der Waals surface area contributed by atoms with Crippen LogP contribution in [-0.2, 0) is 16.4 Å². The van der Waals surface area contributed by atoms with Gasteiger partial charge in [0.2, 0.25) is 0 Å². The minimum Gasteiger partial charge on any atom is -0.354 e. The molecule has 2 saturated heterocycles. The van der Waals surface area contributed by atoms with Crippen molar-refractivity contribution in [3.05, 3.63) is 122 Å². The van der Waals surface area contributed by atoms with E-state index in [1.54, 1.807) is 0 Å². The molecule has 0 radical (unpaired) electrons. The van der Waals surface area contributed by atoms with Crippen LogP contribution < -0.4 is 25.5 Å². The molecule has 0 unspecified atom stereocenters. The number of halogens is 2. The number of aromatic amines is 1. The first-order chi connectivity index (χ1) is 28.6. The van der Waals surface area contributed by atoms with E-state index < -0.39 is 9.84 Å². The molecule has 0 bridgehead atoms. The predicted octanol–water partition coefficient (Wildman–Crippen LogP) is 5.62. The highest BCUT2D eigenvalue weighted by molar-refractivity contribution is 7.91. The number of piperazine rings is 1. The fourth-order valence-corrected chi connectivity index (χ4v) is 9.71. The van der Waals surface area contributed by atoms with Crippen LogP contribution >= 0.6 is 23.2 Å². The lowest BCUT2D eigenvalue weighted by Gasteiger charge is -2.29. The molecule has 10 rings (SSSR count). The lowest BCUT2D eigenvalue weighted by Crippen LogP contribution is -2.50. The van der Waals surface area contributed by atoms with Crippen LogP contribution in [-0.4, -0.2) is 101 Å². The number of H-pyrrole nitrogens is 1. The Morgan fingerprint density at radius 2 is 1.42 bits per heavy atom. The molecule has 15 nitrogen and oxygen atoms in total. The highest BCUT2D eigenvalue weighted by Gasteiger charge is 2.34. The summed E-state index contributed by atoms with van der Waals surface area (Å²) in [7, 11) is -3.10. The maximum absolute atomic E-state index is 12.5. The van der Waals surface area contributed by atoms with Crippen LogP contribution in [0.1, 0.15) is 39.3 Å². The first-order valence-corrected chi connectivity index (χ1v) is 22.0. The molecule has 6 aromatic rings. The van der Waals surface area contributed by atoms with E-state index >= 15 is 0 Å². The van der Waals surface area contributed by atoms with E-state index in [2.05, 4.69) is 48.1 Å². The van der Waals surface area contributed by atoms with Crippen molar-refractivity contribution < 1.29 is 13.1 Å². The predicted molar refractivity (Wildman–Crippen MR) is 231 cm³/mol. The maximum atomic E-state index is 12.5. The van der Waals surface area contributed by atoms with Crippen molar-refractivity contribution in [2.24, 2.45) is 9.98 Å². The van der Waals surface area contributed by atoms with Crippen LogP contribution in [0.15, 0.2) is 83.0 Å². The van der Waals surface area contributed by atoms with Crippen LogP contribution in [0.3, 0.4) is 0 Å². The van der Waals surface area contributed by atoms with E-state index in [9.17, 15) is 8.42 Å². The van der Waals surface area contributed by atoms with Crippen LogP contribution in [0, 0.1) is 13.8 Å². The summed E-state index contributed by atoms with van der Waals surface area (Å²) in [5.74, 6) is 2.18. The molecule has 300 valence electrons. The monoisotopic (exact) mass is 848 g/mol. The summed E-state index contributed by atoms with van der Waals surface area (Å²) in [6.07, 6.45) is 3.87. The van der Waals surface area contributed by atoms with E-state index in [1.807, 2.05) is 84.2 Å². The van der Waals surface area contributed by atoms with Crippen molar-refractivity contribution >= 4 is 84.7 Å². The van der Waals surface area contributed by atoms with Gasteiger partial charge in [-0.1, -0.05) is 59.6 Å². The Labute approximate surface area is 350 Å². The van der Waals surface area contributed by atoms with Crippen molar-refractivity contribution in [1.29, 1.82) is 0 Å². The second-order valence-corrected chi connectivity index (χ2v) is 18.2. The molecule has 8 heterocycles. The Morgan fingerprint density at radius 3 is 2.14 bits per heavy atom. The molecule has 0 atom stereocenters. The van der Waals surface area contributed by atoms with Gasteiger partial charge in [-0.3, -0.25) is 10.00 Å². The molecule has 4 aliphatic rings. The van der Waals surface area contributed by atoms with Gasteiger partial charge in [0.15, 0.2) is 21.3 Å². The Morgan fingerprint density at radius 1 is 0.780 bits per heavy atom. The second-order valence-electron chi connectivity index (χ2n) is 15.0. The van der Waals surface area contributed by atoms with Gasteiger partial charge in [-0.05, 0) is 30.8 Å². The van der Waals surface area contributed by atoms with E-state index in [0.717, 1.165) is 82.7 Å². The van der Waals surface area contributed by atoms with E-state index in [4.69, 9.17) is 43.3 Å². The number of fused-ring (bicyclic) bond motifs is 4. The zero-order valence-corrected chi connectivity index (χ0v) is 34.6. The van der Waals surface area contributed by atoms with Gasteiger partial charge in [0.05, 0.1) is 57.2 Å². The molecule has 18 heteroatoms. The Kier molecular flexibility index (Phi) is 9.48. The van der Waals surface area contributed by atoms with Gasteiger partial charge in [0.25, 0.3) is 5.82 Å². The number of hydrogen-bond donors (Lipinski definition) is 4. The van der Waals surface area contributed by atoms with E-state index in [-0.39, 0.29) is 11.5 Å². The Bertz CT molecular complexity index is 2830. The molecular formula is C41H40Cl2N13O2S+. The average molecular weight is 850 g/mol. The lowest BCUT2D eigenvalue weighted by atomic mass is 10.0. The summed E-state index contributed by atoms with van der Waals surface area (Å²) >= 11 is 13.8. The molecule has 4 N–H and O–H groups in total. The summed E-state index contributed by atoms with van der Waals surface area (Å²) in [5.41, 5.74) is 9.65. The molecule has 0 aliphatic carbocycles. The second kappa shape index (κ2) is 14.9. The minimum atomic E-state index is -3.10. The number of benzene rings is 2. The number of rotatable bonds is 6. The Balaban J connectivity index is 1.17. The maximum Gasteiger partial charge on any atom is 0.299 e. The first kappa shape index (κ1) is 37.6. The van der Waals surface area contributed by atoms with Gasteiger partial charge >= 0.3 is 0 Å². The molecule has 4 aromatic heterocycles. The van der Waals surface area contributed by atoms with Gasteiger partial charge in [-0.15, -0.1) is 4.68 Å². The van der Waals surface area contributed by atoms with Gasteiger partial charge in [-0.25, -0.2) is 23.4 Å². The molecule has 2 aromatic carbocycles. The third kappa shape index (κ3) is 6.93. The van der Waals surface area contributed by atoms with Crippen LogP contribution in [0.5, 0.6) is 0 Å². The third-order valence-corrected chi connectivity index (χ3v) is 13.5. The van der Waals surface area contributed by atoms with E-state index in [0.29, 0.717) is 64.1 Å². The van der Waals surface area contributed by atoms with Crippen molar-refractivity contribution in [2.45, 2.75) is 20.4 Å². The van der Waals surface area contributed by atoms with Crippen LogP contribution in [0.4, 0.5) is 40.2 Å². The minimum absolute atomic E-state index is 0.0954. The smallest absolute Gasteiger partial charge is 0.299 e. The fourth-order valence-electron chi connectivity index (χ4n) is 7.99. The van der Waals surface area contributed by atoms with Crippen molar-refractivity contribution in [1.82, 2.24) is 35.3 Å². The molecular weight excluding hydrogens is 810 g/mol. The molecule has 2 fully saturated rings. The summed E-state index contributed by atoms with van der Waals surface area (Å²) in [6, 6.07) is 19.4. The van der Waals surface area contributed by atoms with Gasteiger partial charge in [0, 0.05) is 84.3 Å². The SMILES string of the molecule is Cc1[nH]nc2c1N=C(c1ccccc1Cl)c1c[n+](-n3nc4c(c3C)N=C(c3ccccc3Cl)c3cnc(N5CCNCC5)cc3N4)c(CN3CCS(=O)(=O)CC3)cc1N2. The average Bonchev–Trinajstić information content (AvgIpc) is 3.60. The number of aromatic nitrogens is 6. The summed E-state index contributed by atoms with van der Waals surface area (Å²) < 4.78 is 27.0. The summed E-state index contributed by atoms with van der Waals surface area (Å²) in [5, 5.41) is 24.6. The standard InChI is InChI=1S/C41H39Cl2N13O2S/c1-24-36-40(51-50-24)46-33-19-26(22-53-15-17-59(57,58)18-16-53)55(23-30(33)39(48-36)28-8-4-6-10-32(28)43)56-25(2)37-41(52-56)47-34-20-35(54-13-11-44-12-14-54)45-21-29(34)38(49-37)27-7-3-5-9-31(27)42/h3-10,19-21,23,44H,11-18,22H2,1-2H3,(H2,45,47,49,50,51,52)/p+1. The highest BCUT2D eigenvalue weighted by atomic mass is 35.5. The summed E-state index contributed by atoms with van der Waals surface area (Å²) in [4.78, 5) is 21.7. The molecule has 0 saturated carbocycles. The fraction of sp³-hybridized carbons (Fsp3) is 0.268. The van der Waals surface area contributed by atoms with Gasteiger partial charge < -0.3 is 20.9 Å². The van der Waals surface area contributed by atoms with Crippen LogP contribution in [0.25, 0.3) is 0 Å². The topological polar surface area (TPSA) is 165 Å². The Hall–Kier alpha value is -5.65. The van der Waals surface area contributed by atoms with Crippen molar-refractivity contribution in [2.75, 3.05) is 66.3 Å². The van der Waals surface area contributed by atoms with Gasteiger partial charge in [0.1, 0.15) is 29.1 Å². The molecule has 59 heavy (non-hydrogen) atoms. The van der Waals surface area contributed by atoms with E-state index in [1.165, 1.54) is 0 Å². The first-order valence-electron chi connectivity index (χ1n) is 19.4. The quantitative estimate of drug-likeness (QED) is 0.155. The number of aliphatic imine (C=N–C) groups is 2. The largest absolute Gasteiger partial charge is 0.354 e. The number of nitrogens with zero attached hydrogens (tertiary/aromatic N) is 9. The number of aryl methyl sites for hydroxylation is 1. The van der Waals surface area contributed by atoms with Crippen molar-refractivity contribution in [3.63, 3.8) is 0 Å². The lowest BCUT2D eigenvalue weighted by molar-refractivity contribution is -0.744. The number of nitrogens with one attached hydrogen (secondary N) is 4. The third-order valence-electron chi connectivity index (χ3n) is 11.2. The number of hydrogen-bond acceptors (Lipinski definition) is 12. The van der Waals surface area contributed by atoms with Crippen LogP contribution in [0.2, 0.25) is 10.0 Å². The molecule has 4 aliphatic heterocycles. The number of pyridine rings is 2. The van der Waals surface area contributed by atoms with Crippen molar-refractivity contribution in [3.8, 4) is 0 Å². The number of sulfone groups is 1. The summed E-state index contributed by atoms with van der Waals surface area (Å²) in [6.45, 7) is 8.59. The highest BCUT2D eigenvalue weighted by Crippen LogP contribution is 2.40. The zero-order valence-electron chi connectivity index (χ0n) is 32.3. The van der Waals surface area contributed by atoms with Gasteiger partial charge in [-0.2, -0.15) is 5.10 Å².